The molecule has 0 bridgehead atoms. The first kappa shape index (κ1) is 67.3. The third kappa shape index (κ3) is 19.0. The molecule has 8 rings (SSSR count). The molecule has 5 heterocycles. The van der Waals surface area contributed by atoms with Crippen LogP contribution in [0.3, 0.4) is 0 Å². The Kier molecular flexibility index (Phi) is 24.2. The number of nitrogens with one attached hydrogen (secondary N) is 5. The van der Waals surface area contributed by atoms with E-state index in [0.717, 1.165) is 51.2 Å². The predicted octanol–water partition coefficient (Wildman–Crippen LogP) is 6.25. The molecule has 6 aromatic rings. The molecule has 0 saturated carbocycles. The van der Waals surface area contributed by atoms with E-state index in [1.807, 2.05) is 36.1 Å². The summed E-state index contributed by atoms with van der Waals surface area (Å²) in [6, 6.07) is 15.5. The van der Waals surface area contributed by atoms with Crippen LogP contribution in [0.2, 0.25) is 0 Å². The Morgan fingerprint density at radius 3 is 2.42 bits per heavy atom. The predicted molar refractivity (Wildman–Crippen MR) is 337 cm³/mol. The maximum Gasteiger partial charge on any atom is 0.410 e. The number of anilines is 5. The second kappa shape index (κ2) is 32.7. The lowest BCUT2D eigenvalue weighted by Crippen LogP contribution is -2.54. The molecule has 9 N–H and O–H groups in total. The molecular formula is C62H70FN13O13S2. The number of benzene rings is 3. The van der Waals surface area contributed by atoms with Gasteiger partial charge in [0.15, 0.2) is 39.2 Å². The maximum absolute atomic E-state index is 15.4. The van der Waals surface area contributed by atoms with Crippen molar-refractivity contribution in [3.05, 3.63) is 118 Å². The number of rotatable bonds is 31. The van der Waals surface area contributed by atoms with Crippen molar-refractivity contribution in [2.24, 2.45) is 11.7 Å². The number of imide groups is 1. The van der Waals surface area contributed by atoms with Gasteiger partial charge in [-0.1, -0.05) is 61.3 Å². The number of aromatic carboxylic acids is 1. The van der Waals surface area contributed by atoms with Crippen LogP contribution in [0.4, 0.5) is 41.6 Å². The molecule has 2 aliphatic heterocycles. The molecule has 2 aliphatic rings. The van der Waals surface area contributed by atoms with Crippen molar-refractivity contribution in [2.75, 3.05) is 74.7 Å². The highest BCUT2D eigenvalue weighted by molar-refractivity contribution is 7.22. The number of urea groups is 1. The van der Waals surface area contributed by atoms with Crippen LogP contribution < -0.4 is 42.0 Å². The highest BCUT2D eigenvalue weighted by atomic mass is 32.1. The number of carbonyl (C=O) groups is 8. The minimum absolute atomic E-state index is 0.00942. The number of aromatic nitrogens is 4. The molecule has 0 fully saturated rings. The number of fused-ring (bicyclic) bond motifs is 2. The number of primary amides is 1. The summed E-state index contributed by atoms with van der Waals surface area (Å²) >= 11 is 2.78. The fraction of sp³-hybridized carbons (Fsp3) is 0.387. The van der Waals surface area contributed by atoms with Gasteiger partial charge in [0.25, 0.3) is 11.8 Å². The zero-order valence-electron chi connectivity index (χ0n) is 50.3. The van der Waals surface area contributed by atoms with Crippen LogP contribution in [0.15, 0.2) is 78.9 Å². The van der Waals surface area contributed by atoms with E-state index in [9.17, 15) is 48.6 Å². The summed E-state index contributed by atoms with van der Waals surface area (Å²) in [5.41, 5.74) is 9.11. The van der Waals surface area contributed by atoms with E-state index in [2.05, 4.69) is 58.6 Å². The van der Waals surface area contributed by atoms with E-state index < -0.39 is 71.4 Å². The number of aryl methyl sites for hydroxylation is 1. The molecule has 0 saturated heterocycles. The Labute approximate surface area is 531 Å². The van der Waals surface area contributed by atoms with Gasteiger partial charge in [-0.25, -0.2) is 28.7 Å². The number of carboxylic acids is 1. The topological polar surface area (TPSA) is 352 Å². The second-order valence-corrected chi connectivity index (χ2v) is 23.5. The number of nitrogens with two attached hydrogens (primary N) is 1. The monoisotopic (exact) mass is 1290 g/mol. The smallest absolute Gasteiger partial charge is 0.410 e. The van der Waals surface area contributed by atoms with Crippen molar-refractivity contribution < 1.29 is 67.2 Å². The highest BCUT2D eigenvalue weighted by Crippen LogP contribution is 2.39. The number of carbonyl (C=O) groups excluding carboxylic acids is 7. The molecule has 0 radical (unpaired) electrons. The first-order chi connectivity index (χ1) is 43.8. The van der Waals surface area contributed by atoms with Crippen LogP contribution >= 0.6 is 22.7 Å². The summed E-state index contributed by atoms with van der Waals surface area (Å²) in [6.45, 7) is 5.72. The quantitative estimate of drug-likeness (QED) is 0.0135. The Balaban J connectivity index is 0.789. The van der Waals surface area contributed by atoms with Crippen molar-refractivity contribution in [1.82, 2.24) is 45.9 Å². The molecule has 29 heteroatoms. The van der Waals surface area contributed by atoms with Crippen LogP contribution in [-0.2, 0) is 52.9 Å². The molecule has 0 spiro atoms. The van der Waals surface area contributed by atoms with Gasteiger partial charge in [0, 0.05) is 72.1 Å². The number of amides is 8. The van der Waals surface area contributed by atoms with Gasteiger partial charge in [-0.3, -0.25) is 33.8 Å². The highest BCUT2D eigenvalue weighted by Gasteiger charge is 2.31. The maximum atomic E-state index is 15.4. The molecule has 8 amide bonds. The summed E-state index contributed by atoms with van der Waals surface area (Å²) in [4.78, 5) is 115. The largest absolute Gasteiger partial charge is 0.491 e. The summed E-state index contributed by atoms with van der Waals surface area (Å²) < 4.78 is 33.2. The molecule has 3 aromatic carbocycles. The van der Waals surface area contributed by atoms with Crippen molar-refractivity contribution in [3.8, 4) is 17.6 Å². The Morgan fingerprint density at radius 1 is 0.912 bits per heavy atom. The lowest BCUT2D eigenvalue weighted by Gasteiger charge is -2.28. The van der Waals surface area contributed by atoms with Gasteiger partial charge < -0.3 is 61.6 Å². The molecule has 480 valence electrons. The van der Waals surface area contributed by atoms with Gasteiger partial charge in [0.05, 0.1) is 43.1 Å². The van der Waals surface area contributed by atoms with E-state index in [-0.39, 0.29) is 96.3 Å². The van der Waals surface area contributed by atoms with Gasteiger partial charge >= 0.3 is 18.1 Å². The lowest BCUT2D eigenvalue weighted by molar-refractivity contribution is -0.138. The average molecular weight is 1290 g/mol. The summed E-state index contributed by atoms with van der Waals surface area (Å²) in [5, 5.41) is 43.9. The van der Waals surface area contributed by atoms with Crippen molar-refractivity contribution in [2.45, 2.75) is 90.8 Å². The fourth-order valence-corrected chi connectivity index (χ4v) is 11.6. The molecule has 3 aromatic heterocycles. The number of thiazole rings is 2. The zero-order chi connectivity index (χ0) is 65.0. The zero-order valence-corrected chi connectivity index (χ0v) is 51.9. The number of halogens is 1. The summed E-state index contributed by atoms with van der Waals surface area (Å²) in [6.07, 6.45) is 4.21. The molecule has 2 atom stereocenters. The normalized spacial score (nSPS) is 13.3. The Bertz CT molecular complexity index is 3670. The van der Waals surface area contributed by atoms with Crippen molar-refractivity contribution >= 4 is 108 Å². The third-order valence-corrected chi connectivity index (χ3v) is 16.5. The van der Waals surface area contributed by atoms with Crippen LogP contribution in [-0.4, -0.2) is 159 Å². The van der Waals surface area contributed by atoms with Gasteiger partial charge in [-0.2, -0.15) is 0 Å². The number of nitrogens with zero attached hydrogens (tertiary/aromatic N) is 7. The van der Waals surface area contributed by atoms with Crippen LogP contribution in [0.25, 0.3) is 10.2 Å². The number of hydrogen-bond acceptors (Lipinski definition) is 20. The first-order valence-corrected chi connectivity index (χ1v) is 31.1. The number of hydrogen-bond donors (Lipinski definition) is 8. The SMILES string of the molecule is Cc1c(Nc2nc3ccccc3s2)nnc2c1CCCN2c1nc(C(=O)O)c(CCCOc2ccc(C#CCN(CCCO)C(=O)OCc3ccc(NC(=O)C(CCCNC(N)=O)NC(=O)C(NC(=O)CCOCCN4C(=O)C=CC4=O)C(C)C)cc3)cc2F)s1. The number of ether oxygens (including phenoxy) is 3. The molecule has 2 unspecified atom stereocenters. The lowest BCUT2D eigenvalue weighted by atomic mass is 10.0. The van der Waals surface area contributed by atoms with E-state index in [1.54, 1.807) is 44.2 Å². The van der Waals surface area contributed by atoms with Crippen LogP contribution in [0.5, 0.6) is 5.75 Å². The number of carboxylic acid groups (broad SMARTS) is 1. The van der Waals surface area contributed by atoms with Gasteiger partial charge in [-0.15, -0.1) is 21.5 Å². The van der Waals surface area contributed by atoms with Gasteiger partial charge in [0.2, 0.25) is 17.7 Å². The Hall–Kier alpha value is -9.63. The first-order valence-electron chi connectivity index (χ1n) is 29.4. The van der Waals surface area contributed by atoms with Crippen LogP contribution in [0, 0.1) is 30.5 Å². The average Bonchev–Trinajstić information content (AvgIpc) is 1.82. The Morgan fingerprint density at radius 2 is 1.69 bits per heavy atom. The number of aliphatic hydroxyl groups is 1. The minimum atomic E-state index is -1.17. The van der Waals surface area contributed by atoms with E-state index in [1.165, 1.54) is 39.7 Å². The van der Waals surface area contributed by atoms with Crippen LogP contribution in [0.1, 0.15) is 90.0 Å². The molecule has 91 heavy (non-hydrogen) atoms. The molecule has 26 nitrogen and oxygen atoms in total. The van der Waals surface area contributed by atoms with Gasteiger partial charge in [-0.05, 0) is 106 Å². The number of para-hydroxylation sites is 1. The molecule has 0 aliphatic carbocycles. The van der Waals surface area contributed by atoms with E-state index >= 15 is 4.39 Å². The standard InChI is InChI=1S/C62H70FN13O13S2/c1-37(2)52(69-49(78)25-33-87-34-30-75-50(79)23-24-51(75)80)57(82)67-45(14-6-26-65-59(64)85)56(81)66-41-20-17-40(18-21-41)36-89-62(86)74(28-10-31-77)27-7-11-39-19-22-46(43(63)35-39)88-32-9-16-48-53(58(83)84)70-61(91-48)76-29-8-12-42-38(3)54(72-73-55(42)76)71-60-68-44-13-4-5-15-47(44)90-60/h4-5,13,15,17-24,35,37,45,52,77H,6,8-10,12,14,16,25-34,36H2,1-3H3,(H,66,81)(H,67,82)(H,69,78)(H,83,84)(H3,64,65,85)(H,68,71,72). The van der Waals surface area contributed by atoms with Crippen molar-refractivity contribution in [1.29, 1.82) is 0 Å². The second-order valence-electron chi connectivity index (χ2n) is 21.4. The minimum Gasteiger partial charge on any atom is -0.491 e. The molecular weight excluding hydrogens is 1220 g/mol. The van der Waals surface area contributed by atoms with E-state index in [4.69, 9.17) is 19.9 Å². The van der Waals surface area contributed by atoms with Gasteiger partial charge in [0.1, 0.15) is 18.7 Å². The number of aliphatic hydroxyl groups excluding tert-OH is 1. The van der Waals surface area contributed by atoms with Crippen molar-refractivity contribution in [3.63, 3.8) is 0 Å². The summed E-state index contributed by atoms with van der Waals surface area (Å²) in [7, 11) is 0. The summed E-state index contributed by atoms with van der Waals surface area (Å²) in [5.74, 6) is 2.00. The third-order valence-electron chi connectivity index (χ3n) is 14.4. The van der Waals surface area contributed by atoms with E-state index in [0.29, 0.717) is 63.0 Å². The fourth-order valence-electron chi connectivity index (χ4n) is 9.60.